The van der Waals surface area contributed by atoms with Crippen molar-refractivity contribution in [3.63, 3.8) is 0 Å². The number of anilines is 1. The van der Waals surface area contributed by atoms with Gasteiger partial charge in [0.05, 0.1) is 36.1 Å². The Morgan fingerprint density at radius 2 is 2.06 bits per heavy atom. The average Bonchev–Trinajstić information content (AvgIpc) is 3.18. The zero-order valence-corrected chi connectivity index (χ0v) is 19.9. The van der Waals surface area contributed by atoms with E-state index in [4.69, 9.17) is 22.1 Å². The Morgan fingerprint density at radius 3 is 2.74 bits per heavy atom. The number of benzene rings is 2. The summed E-state index contributed by atoms with van der Waals surface area (Å²) in [5, 5.41) is 20.6. The zero-order valence-electron chi connectivity index (χ0n) is 18.4. The Bertz CT molecular complexity index is 1030. The Hall–Kier alpha value is -2.41. The Morgan fingerprint density at radius 1 is 1.32 bits per heavy atom. The number of nitrogens with one attached hydrogen (secondary N) is 1. The molecule has 1 unspecified atom stereocenters. The maximum Gasteiger partial charge on any atom is 0.322 e. The van der Waals surface area contributed by atoms with Gasteiger partial charge in [0.15, 0.2) is 5.56 Å². The molecule has 0 aromatic heterocycles. The largest absolute Gasteiger partial charge is 0.394 e. The van der Waals surface area contributed by atoms with E-state index in [1.807, 2.05) is 12.1 Å². The number of hydrogen-bond donors (Lipinski definition) is 4. The Balaban J connectivity index is 1.76. The van der Waals surface area contributed by atoms with Crippen molar-refractivity contribution in [3.8, 4) is 0 Å². The molecule has 12 heteroatoms. The highest BCUT2D eigenvalue weighted by Gasteiger charge is 2.35. The van der Waals surface area contributed by atoms with Crippen LogP contribution in [-0.2, 0) is 16.1 Å². The maximum absolute atomic E-state index is 13.8. The first kappa shape index (κ1) is 26.2. The predicted octanol–water partition coefficient (Wildman–Crippen LogP) is 2.44. The van der Waals surface area contributed by atoms with Crippen LogP contribution in [0.25, 0.3) is 0 Å². The summed E-state index contributed by atoms with van der Waals surface area (Å²) in [6, 6.07) is 10.1. The van der Waals surface area contributed by atoms with E-state index in [0.29, 0.717) is 11.3 Å². The topological polar surface area (TPSA) is 128 Å². The Labute approximate surface area is 205 Å². The number of amides is 3. The van der Waals surface area contributed by atoms with Crippen LogP contribution in [0.3, 0.4) is 0 Å². The highest BCUT2D eigenvalue weighted by Crippen LogP contribution is 2.43. The Kier molecular flexibility index (Phi) is 9.11. The monoisotopic (exact) mass is 512 g/mol. The van der Waals surface area contributed by atoms with Gasteiger partial charge in [0.1, 0.15) is 5.82 Å². The molecule has 1 aliphatic heterocycles. The molecule has 2 aromatic rings. The third-order valence-corrected chi connectivity index (χ3v) is 6.73. The molecule has 0 saturated heterocycles. The maximum atomic E-state index is 13.8. The second-order valence-electron chi connectivity index (χ2n) is 7.60. The quantitative estimate of drug-likeness (QED) is 0.360. The molecule has 1 aliphatic rings. The van der Waals surface area contributed by atoms with Crippen LogP contribution in [0.2, 0.25) is 5.02 Å². The van der Waals surface area contributed by atoms with Gasteiger partial charge >= 0.3 is 6.03 Å². The summed E-state index contributed by atoms with van der Waals surface area (Å²) < 4.78 is 19.7. The minimum absolute atomic E-state index is 0.0267. The number of rotatable bonds is 10. The minimum Gasteiger partial charge on any atom is -0.394 e. The molecular weight excluding hydrogens is 487 g/mol. The summed E-state index contributed by atoms with van der Waals surface area (Å²) in [6.07, 6.45) is -1.16. The van der Waals surface area contributed by atoms with Gasteiger partial charge in [0, 0.05) is 18.4 Å². The van der Waals surface area contributed by atoms with Crippen LogP contribution in [-0.4, -0.2) is 58.1 Å². The van der Waals surface area contributed by atoms with Gasteiger partial charge in [-0.1, -0.05) is 47.6 Å². The number of ether oxygens (including phenoxy) is 1. The number of nitrogens with zero attached hydrogens (tertiary/aromatic N) is 2. The van der Waals surface area contributed by atoms with Crippen molar-refractivity contribution in [2.75, 3.05) is 18.1 Å². The van der Waals surface area contributed by atoms with E-state index in [-0.39, 0.29) is 24.6 Å². The number of urea groups is 1. The molecule has 34 heavy (non-hydrogen) atoms. The van der Waals surface area contributed by atoms with Crippen molar-refractivity contribution >= 4 is 41.0 Å². The number of aliphatic hydroxyl groups excluding tert-OH is 2. The first-order valence-corrected chi connectivity index (χ1v) is 11.7. The molecule has 0 spiro atoms. The molecule has 0 radical (unpaired) electrons. The number of aliphatic hydroxyl groups is 2. The van der Waals surface area contributed by atoms with Gasteiger partial charge in [-0.2, -0.15) is 0 Å². The van der Waals surface area contributed by atoms with Crippen LogP contribution in [0.1, 0.15) is 18.9 Å². The van der Waals surface area contributed by atoms with Crippen molar-refractivity contribution in [2.45, 2.75) is 42.5 Å². The second kappa shape index (κ2) is 11.8. The van der Waals surface area contributed by atoms with Crippen molar-refractivity contribution in [1.82, 2.24) is 10.4 Å². The van der Waals surface area contributed by atoms with Gasteiger partial charge in [0.2, 0.25) is 5.91 Å². The first-order valence-electron chi connectivity index (χ1n) is 10.4. The molecule has 3 atom stereocenters. The molecule has 1 heterocycles. The summed E-state index contributed by atoms with van der Waals surface area (Å²) in [5.74, 6) is -0.990. The number of carbonyl (C=O) groups is 2. The average molecular weight is 513 g/mol. The van der Waals surface area contributed by atoms with E-state index in [9.17, 15) is 24.2 Å². The zero-order chi connectivity index (χ0) is 24.8. The number of halogens is 2. The number of carbonyl (C=O) groups excluding carboxylic acids is 2. The van der Waals surface area contributed by atoms with Crippen molar-refractivity contribution < 1.29 is 28.9 Å². The highest BCUT2D eigenvalue weighted by molar-refractivity contribution is 8.00. The van der Waals surface area contributed by atoms with Gasteiger partial charge in [-0.15, -0.1) is 0 Å². The van der Waals surface area contributed by atoms with E-state index < -0.39 is 42.1 Å². The molecule has 3 rings (SSSR count). The fraction of sp³-hybridized carbons (Fsp3) is 0.364. The van der Waals surface area contributed by atoms with Gasteiger partial charge in [-0.05, 0) is 30.2 Å². The molecule has 0 bridgehead atoms. The molecule has 0 fully saturated rings. The van der Waals surface area contributed by atoms with E-state index in [2.05, 4.69) is 5.43 Å². The van der Waals surface area contributed by atoms with Gasteiger partial charge in [0.25, 0.3) is 0 Å². The summed E-state index contributed by atoms with van der Waals surface area (Å²) in [7, 11) is 0. The third kappa shape index (κ3) is 6.17. The molecule has 3 amide bonds. The standard InChI is InChI=1S/C22H26ClFN4O5S/c1-13(30)28(26-10-14-5-4-6-17(24)20(14)23)15(9-16(31)11-29)12-33-22-27(21(25)32)18-7-2-3-8-19(18)34-22/h2-8,15-16,22,26,29,31H,9-12H2,1H3,(H2,25,32)/t15-,16+,22?/m0/s1. The lowest BCUT2D eigenvalue weighted by atomic mass is 10.1. The molecule has 0 saturated carbocycles. The molecule has 9 nitrogen and oxygen atoms in total. The molecular formula is C22H26ClFN4O5S. The van der Waals surface area contributed by atoms with Crippen molar-refractivity contribution in [3.05, 3.63) is 58.9 Å². The third-order valence-electron chi connectivity index (χ3n) is 5.16. The number of hydrazine groups is 1. The normalized spacial score (nSPS) is 16.7. The van der Waals surface area contributed by atoms with Crippen LogP contribution in [0.4, 0.5) is 14.9 Å². The fourth-order valence-electron chi connectivity index (χ4n) is 3.54. The summed E-state index contributed by atoms with van der Waals surface area (Å²) in [6.45, 7) is 0.721. The van der Waals surface area contributed by atoms with Crippen LogP contribution in [0.5, 0.6) is 0 Å². The molecule has 184 valence electrons. The summed E-state index contributed by atoms with van der Waals surface area (Å²) in [5.41, 5.74) is 8.72. The van der Waals surface area contributed by atoms with E-state index in [1.165, 1.54) is 40.7 Å². The first-order chi connectivity index (χ1) is 16.2. The van der Waals surface area contributed by atoms with Gasteiger partial charge in [-0.3, -0.25) is 14.7 Å². The van der Waals surface area contributed by atoms with Crippen LogP contribution < -0.4 is 16.1 Å². The molecule has 0 aliphatic carbocycles. The van der Waals surface area contributed by atoms with Crippen LogP contribution in [0.15, 0.2) is 47.4 Å². The minimum atomic E-state index is -1.13. The lowest BCUT2D eigenvalue weighted by molar-refractivity contribution is -0.138. The van der Waals surface area contributed by atoms with Gasteiger partial charge < -0.3 is 20.7 Å². The van der Waals surface area contributed by atoms with Crippen LogP contribution in [0, 0.1) is 5.82 Å². The van der Waals surface area contributed by atoms with Crippen molar-refractivity contribution in [2.24, 2.45) is 5.73 Å². The number of fused-ring (bicyclic) bond motifs is 1. The number of primary amides is 1. The molecule has 2 aromatic carbocycles. The lowest BCUT2D eigenvalue weighted by Crippen LogP contribution is -2.52. The summed E-state index contributed by atoms with van der Waals surface area (Å²) in [4.78, 5) is 26.6. The fourth-order valence-corrected chi connectivity index (χ4v) is 4.87. The van der Waals surface area contributed by atoms with E-state index >= 15 is 0 Å². The molecule has 5 N–H and O–H groups in total. The van der Waals surface area contributed by atoms with E-state index in [1.54, 1.807) is 18.2 Å². The smallest absolute Gasteiger partial charge is 0.322 e. The van der Waals surface area contributed by atoms with Crippen LogP contribution >= 0.6 is 23.4 Å². The SMILES string of the molecule is CC(=O)N(NCc1cccc(F)c1Cl)[C@H](COC1Sc2ccccc2N1C(N)=O)C[C@@H](O)CO. The number of hydrogen-bond acceptors (Lipinski definition) is 7. The highest BCUT2D eigenvalue weighted by atomic mass is 35.5. The lowest BCUT2D eigenvalue weighted by Gasteiger charge is -2.34. The van der Waals surface area contributed by atoms with Gasteiger partial charge in [-0.25, -0.2) is 14.6 Å². The predicted molar refractivity (Wildman–Crippen MR) is 126 cm³/mol. The number of thioether (sulfide) groups is 1. The second-order valence-corrected chi connectivity index (χ2v) is 9.05. The number of para-hydroxylation sites is 1. The summed E-state index contributed by atoms with van der Waals surface area (Å²) >= 11 is 7.29. The van der Waals surface area contributed by atoms with Crippen molar-refractivity contribution in [1.29, 1.82) is 0 Å². The number of nitrogens with two attached hydrogens (primary N) is 1. The van der Waals surface area contributed by atoms with E-state index in [0.717, 1.165) is 4.90 Å².